The quantitative estimate of drug-likeness (QED) is 0.844. The molecular formula is C18H20N4O4S. The van der Waals surface area contributed by atoms with Crippen LogP contribution < -0.4 is 15.0 Å². The zero-order valence-corrected chi connectivity index (χ0v) is 15.7. The number of methoxy groups -OCH3 is 1. The van der Waals surface area contributed by atoms with Crippen molar-refractivity contribution in [1.82, 2.24) is 10.2 Å². The SMILES string of the molecule is COc1ccc(N2C[C@@H](c3nnc(NC(=O)[C@H]4CCCO4)s3)CC2=O)cc1. The molecule has 0 unspecified atom stereocenters. The number of carbonyl (C=O) groups is 2. The fourth-order valence-corrected chi connectivity index (χ4v) is 4.14. The summed E-state index contributed by atoms with van der Waals surface area (Å²) in [7, 11) is 1.61. The highest BCUT2D eigenvalue weighted by atomic mass is 32.1. The average Bonchev–Trinajstić information content (AvgIpc) is 3.42. The third-order valence-electron chi connectivity index (χ3n) is 4.75. The van der Waals surface area contributed by atoms with Gasteiger partial charge >= 0.3 is 0 Å². The second-order valence-corrected chi connectivity index (χ2v) is 7.55. The number of nitrogens with zero attached hydrogens (tertiary/aromatic N) is 3. The van der Waals surface area contributed by atoms with Crippen molar-refractivity contribution in [2.75, 3.05) is 30.5 Å². The summed E-state index contributed by atoms with van der Waals surface area (Å²) in [5, 5.41) is 12.2. The second kappa shape index (κ2) is 7.61. The topological polar surface area (TPSA) is 93.7 Å². The fourth-order valence-electron chi connectivity index (χ4n) is 3.31. The minimum atomic E-state index is -0.407. The van der Waals surface area contributed by atoms with Crippen molar-refractivity contribution >= 4 is 34.0 Å². The van der Waals surface area contributed by atoms with Gasteiger partial charge in [-0.3, -0.25) is 14.9 Å². The predicted octanol–water partition coefficient (Wildman–Crippen LogP) is 2.18. The lowest BCUT2D eigenvalue weighted by Gasteiger charge is -2.16. The number of amides is 2. The molecule has 0 saturated carbocycles. The molecule has 1 aromatic carbocycles. The van der Waals surface area contributed by atoms with Gasteiger partial charge in [0.2, 0.25) is 11.0 Å². The Labute approximate surface area is 160 Å². The summed E-state index contributed by atoms with van der Waals surface area (Å²) < 4.78 is 10.5. The maximum absolute atomic E-state index is 12.4. The first-order valence-corrected chi connectivity index (χ1v) is 9.66. The molecule has 2 aromatic rings. The smallest absolute Gasteiger partial charge is 0.255 e. The van der Waals surface area contributed by atoms with E-state index in [-0.39, 0.29) is 17.7 Å². The van der Waals surface area contributed by atoms with E-state index in [1.807, 2.05) is 24.3 Å². The number of aromatic nitrogens is 2. The first-order chi connectivity index (χ1) is 13.1. The van der Waals surface area contributed by atoms with Gasteiger partial charge in [0.15, 0.2) is 0 Å². The summed E-state index contributed by atoms with van der Waals surface area (Å²) >= 11 is 1.31. The van der Waals surface area contributed by atoms with Crippen LogP contribution >= 0.6 is 11.3 Å². The van der Waals surface area contributed by atoms with Crippen LogP contribution in [-0.2, 0) is 14.3 Å². The molecule has 3 heterocycles. The zero-order valence-electron chi connectivity index (χ0n) is 14.9. The number of anilines is 2. The van der Waals surface area contributed by atoms with Crippen LogP contribution in [0.25, 0.3) is 0 Å². The lowest BCUT2D eigenvalue weighted by molar-refractivity contribution is -0.124. The summed E-state index contributed by atoms with van der Waals surface area (Å²) in [4.78, 5) is 26.3. The summed E-state index contributed by atoms with van der Waals surface area (Å²) in [6.45, 7) is 1.16. The molecule has 0 bridgehead atoms. The second-order valence-electron chi connectivity index (χ2n) is 6.54. The van der Waals surface area contributed by atoms with E-state index in [1.54, 1.807) is 12.0 Å². The van der Waals surface area contributed by atoms with Crippen LogP contribution in [0.2, 0.25) is 0 Å². The third kappa shape index (κ3) is 3.79. The van der Waals surface area contributed by atoms with E-state index in [0.29, 0.717) is 24.7 Å². The molecule has 2 amide bonds. The van der Waals surface area contributed by atoms with Gasteiger partial charge in [-0.15, -0.1) is 10.2 Å². The lowest BCUT2D eigenvalue weighted by atomic mass is 10.1. The fraction of sp³-hybridized carbons (Fsp3) is 0.444. The Hall–Kier alpha value is -2.52. The van der Waals surface area contributed by atoms with E-state index in [0.717, 1.165) is 29.3 Å². The van der Waals surface area contributed by atoms with E-state index >= 15 is 0 Å². The van der Waals surface area contributed by atoms with E-state index in [4.69, 9.17) is 9.47 Å². The molecule has 8 nitrogen and oxygen atoms in total. The molecule has 0 spiro atoms. The van der Waals surface area contributed by atoms with Gasteiger partial charge in [-0.2, -0.15) is 0 Å². The number of hydrogen-bond acceptors (Lipinski definition) is 7. The minimum Gasteiger partial charge on any atom is -0.497 e. The van der Waals surface area contributed by atoms with E-state index in [1.165, 1.54) is 11.3 Å². The molecule has 27 heavy (non-hydrogen) atoms. The highest BCUT2D eigenvalue weighted by Gasteiger charge is 2.34. The Balaban J connectivity index is 1.41. The standard InChI is InChI=1S/C18H20N4O4S/c1-25-13-6-4-12(5-7-13)22-10-11(9-15(22)23)17-20-21-18(27-17)19-16(24)14-3-2-8-26-14/h4-7,11,14H,2-3,8-10H2,1H3,(H,19,21,24)/t11-,14+/m0/s1. The average molecular weight is 388 g/mol. The Morgan fingerprint density at radius 1 is 1.33 bits per heavy atom. The van der Waals surface area contributed by atoms with Gasteiger partial charge in [0.1, 0.15) is 16.9 Å². The first kappa shape index (κ1) is 17.9. The van der Waals surface area contributed by atoms with Gasteiger partial charge in [-0.05, 0) is 37.1 Å². The monoisotopic (exact) mass is 388 g/mol. The van der Waals surface area contributed by atoms with Crippen LogP contribution in [0.15, 0.2) is 24.3 Å². The van der Waals surface area contributed by atoms with E-state index in [9.17, 15) is 9.59 Å². The molecule has 1 N–H and O–H groups in total. The van der Waals surface area contributed by atoms with Gasteiger partial charge in [0.05, 0.1) is 7.11 Å². The number of carbonyl (C=O) groups excluding carboxylic acids is 2. The number of hydrogen-bond donors (Lipinski definition) is 1. The maximum atomic E-state index is 12.4. The molecule has 2 aliphatic heterocycles. The molecule has 2 fully saturated rings. The Morgan fingerprint density at radius 3 is 2.85 bits per heavy atom. The third-order valence-corrected chi connectivity index (χ3v) is 5.75. The highest BCUT2D eigenvalue weighted by molar-refractivity contribution is 7.15. The van der Waals surface area contributed by atoms with Crippen LogP contribution in [0.5, 0.6) is 5.75 Å². The van der Waals surface area contributed by atoms with Crippen molar-refractivity contribution in [3.8, 4) is 5.75 Å². The highest BCUT2D eigenvalue weighted by Crippen LogP contribution is 2.34. The number of ether oxygens (including phenoxy) is 2. The summed E-state index contributed by atoms with van der Waals surface area (Å²) in [5.41, 5.74) is 0.833. The van der Waals surface area contributed by atoms with E-state index < -0.39 is 6.10 Å². The molecule has 2 atom stereocenters. The van der Waals surface area contributed by atoms with E-state index in [2.05, 4.69) is 15.5 Å². The van der Waals surface area contributed by atoms with Gasteiger partial charge in [0.25, 0.3) is 5.91 Å². The van der Waals surface area contributed by atoms with Crippen molar-refractivity contribution in [2.45, 2.75) is 31.3 Å². The van der Waals surface area contributed by atoms with Crippen LogP contribution in [0.1, 0.15) is 30.2 Å². The summed E-state index contributed by atoms with van der Waals surface area (Å²) in [6.07, 6.45) is 1.59. The Bertz CT molecular complexity index is 832. The zero-order chi connectivity index (χ0) is 18.8. The van der Waals surface area contributed by atoms with Gasteiger partial charge in [0, 0.05) is 31.2 Å². The van der Waals surface area contributed by atoms with Crippen LogP contribution in [0.3, 0.4) is 0 Å². The summed E-state index contributed by atoms with van der Waals surface area (Å²) in [6, 6.07) is 7.40. The molecule has 142 valence electrons. The number of rotatable bonds is 5. The Kier molecular flexibility index (Phi) is 5.04. The molecule has 4 rings (SSSR count). The van der Waals surface area contributed by atoms with Crippen LogP contribution in [-0.4, -0.2) is 48.4 Å². The normalized spacial score (nSPS) is 22.3. The minimum absolute atomic E-state index is 0.0366. The first-order valence-electron chi connectivity index (χ1n) is 8.84. The number of benzene rings is 1. The van der Waals surface area contributed by atoms with Crippen molar-refractivity contribution < 1.29 is 19.1 Å². The molecule has 2 saturated heterocycles. The molecular weight excluding hydrogens is 368 g/mol. The van der Waals surface area contributed by atoms with Crippen LogP contribution in [0, 0.1) is 0 Å². The Morgan fingerprint density at radius 2 is 2.15 bits per heavy atom. The molecule has 2 aliphatic rings. The van der Waals surface area contributed by atoms with Gasteiger partial charge < -0.3 is 14.4 Å². The molecule has 9 heteroatoms. The molecule has 0 aliphatic carbocycles. The lowest BCUT2D eigenvalue weighted by Crippen LogP contribution is -2.26. The van der Waals surface area contributed by atoms with Crippen molar-refractivity contribution in [3.05, 3.63) is 29.3 Å². The van der Waals surface area contributed by atoms with Crippen molar-refractivity contribution in [2.24, 2.45) is 0 Å². The largest absolute Gasteiger partial charge is 0.497 e. The maximum Gasteiger partial charge on any atom is 0.255 e. The number of nitrogens with one attached hydrogen (secondary N) is 1. The predicted molar refractivity (Wildman–Crippen MR) is 100 cm³/mol. The van der Waals surface area contributed by atoms with Gasteiger partial charge in [-0.1, -0.05) is 11.3 Å². The molecule has 1 aromatic heterocycles. The molecule has 0 radical (unpaired) electrons. The van der Waals surface area contributed by atoms with Crippen LogP contribution in [0.4, 0.5) is 10.8 Å². The summed E-state index contributed by atoms with van der Waals surface area (Å²) in [5.74, 6) is 0.575. The van der Waals surface area contributed by atoms with Gasteiger partial charge in [-0.25, -0.2) is 0 Å². The van der Waals surface area contributed by atoms with Crippen molar-refractivity contribution in [1.29, 1.82) is 0 Å². The van der Waals surface area contributed by atoms with Crippen molar-refractivity contribution in [3.63, 3.8) is 0 Å².